The zero-order chi connectivity index (χ0) is 30.4. The van der Waals surface area contributed by atoms with Crippen LogP contribution in [-0.2, 0) is 12.8 Å². The molecular weight excluding hydrogens is 695 g/mol. The van der Waals surface area contributed by atoms with Gasteiger partial charge in [0.1, 0.15) is 0 Å². The van der Waals surface area contributed by atoms with Gasteiger partial charge in [-0.25, -0.2) is 0 Å². The predicted octanol–water partition coefficient (Wildman–Crippen LogP) is 10.0. The molecule has 3 nitrogen and oxygen atoms in total. The van der Waals surface area contributed by atoms with Crippen LogP contribution in [-0.4, -0.2) is 21.3 Å². The average molecular weight is 743 g/mol. The molecule has 0 amide bonds. The van der Waals surface area contributed by atoms with Gasteiger partial charge in [0.05, 0.1) is 25.8 Å². The molecule has 6 heteroatoms. The van der Waals surface area contributed by atoms with E-state index in [2.05, 4.69) is 108 Å². The van der Waals surface area contributed by atoms with Crippen LogP contribution in [0.1, 0.15) is 68.1 Å². The van der Waals surface area contributed by atoms with Crippen molar-refractivity contribution < 1.29 is 14.2 Å². The van der Waals surface area contributed by atoms with Crippen LogP contribution in [0, 0.1) is 6.92 Å². The zero-order valence-electron chi connectivity index (χ0n) is 26.6. The summed E-state index contributed by atoms with van der Waals surface area (Å²) in [5.41, 5.74) is 3.88. The third-order valence-corrected chi connectivity index (χ3v) is 11.6. The quantitative estimate of drug-likeness (QED) is 0.0797. The minimum Gasteiger partial charge on any atom is -0.492 e. The van der Waals surface area contributed by atoms with E-state index in [1.165, 1.54) is 72.0 Å². The molecule has 236 valence electrons. The van der Waals surface area contributed by atoms with Crippen LogP contribution in [0.3, 0.4) is 0 Å². The van der Waals surface area contributed by atoms with E-state index >= 15 is 0 Å². The number of methoxy groups -OCH3 is 3. The van der Waals surface area contributed by atoms with Crippen LogP contribution in [0.15, 0.2) is 89.4 Å². The normalized spacial score (nSPS) is 10.9. The first kappa shape index (κ1) is 36.1. The molecule has 0 N–H and O–H groups in total. The van der Waals surface area contributed by atoms with Gasteiger partial charge < -0.3 is 14.2 Å². The summed E-state index contributed by atoms with van der Waals surface area (Å²) in [5, 5.41) is 4.34. The molecule has 0 bridgehead atoms. The number of ether oxygens (including phenoxy) is 3. The van der Waals surface area contributed by atoms with Gasteiger partial charge in [-0.15, -0.1) is 17.0 Å². The Morgan fingerprint density at radius 1 is 0.545 bits per heavy atom. The Morgan fingerprint density at radius 3 is 1.52 bits per heavy atom. The molecule has 4 aromatic carbocycles. The highest BCUT2D eigenvalue weighted by Crippen LogP contribution is 2.48. The molecule has 0 aliphatic carbocycles. The van der Waals surface area contributed by atoms with Gasteiger partial charge in [-0.05, 0) is 89.1 Å². The molecule has 0 heterocycles. The molecular formula is C38H47Br2O3P. The molecule has 0 aromatic heterocycles. The van der Waals surface area contributed by atoms with Crippen LogP contribution in [0.2, 0.25) is 0 Å². The van der Waals surface area contributed by atoms with Crippen molar-refractivity contribution in [3.05, 3.63) is 106 Å². The molecule has 4 aromatic rings. The van der Waals surface area contributed by atoms with Gasteiger partial charge in [0.15, 0.2) is 11.5 Å². The minimum absolute atomic E-state index is 0. The van der Waals surface area contributed by atoms with E-state index in [9.17, 15) is 0 Å². The largest absolute Gasteiger partial charge is 0.492 e. The fourth-order valence-electron chi connectivity index (χ4n) is 5.92. The first-order valence-electron chi connectivity index (χ1n) is 15.6. The maximum atomic E-state index is 5.66. The van der Waals surface area contributed by atoms with Gasteiger partial charge >= 0.3 is 0 Å². The van der Waals surface area contributed by atoms with Crippen molar-refractivity contribution >= 4 is 56.7 Å². The highest BCUT2D eigenvalue weighted by Gasteiger charge is 2.23. The molecule has 0 aliphatic rings. The highest BCUT2D eigenvalue weighted by atomic mass is 79.9. The molecule has 0 fully saturated rings. The van der Waals surface area contributed by atoms with Crippen LogP contribution < -0.4 is 30.1 Å². The molecule has 44 heavy (non-hydrogen) atoms. The topological polar surface area (TPSA) is 27.7 Å². The van der Waals surface area contributed by atoms with Crippen molar-refractivity contribution in [3.63, 3.8) is 0 Å². The summed E-state index contributed by atoms with van der Waals surface area (Å²) in [6.45, 7) is 2.10. The number of aryl methyl sites for hydroxylation is 1. The molecule has 0 saturated carbocycles. The van der Waals surface area contributed by atoms with Crippen molar-refractivity contribution in [1.82, 2.24) is 0 Å². The fraction of sp³-hybridized carbons (Fsp3) is 0.368. The van der Waals surface area contributed by atoms with Crippen molar-refractivity contribution in [2.24, 2.45) is 0 Å². The van der Waals surface area contributed by atoms with Crippen LogP contribution in [0.5, 0.6) is 17.2 Å². The maximum absolute atomic E-state index is 5.66. The lowest BCUT2D eigenvalue weighted by molar-refractivity contribution is 0.321. The summed E-state index contributed by atoms with van der Waals surface area (Å²) in [7, 11) is 4.46. The fourth-order valence-corrected chi connectivity index (χ4v) is 9.26. The van der Waals surface area contributed by atoms with Gasteiger partial charge in [0.25, 0.3) is 0 Å². The molecule has 0 radical (unpaired) electrons. The second kappa shape index (κ2) is 19.2. The van der Waals surface area contributed by atoms with Crippen molar-refractivity contribution in [1.29, 1.82) is 0 Å². The van der Waals surface area contributed by atoms with E-state index in [1.807, 2.05) is 0 Å². The van der Waals surface area contributed by atoms with Crippen LogP contribution in [0.25, 0.3) is 0 Å². The summed E-state index contributed by atoms with van der Waals surface area (Å²) < 4.78 is 17.8. The summed E-state index contributed by atoms with van der Waals surface area (Å²) in [5.74, 6) is 2.12. The van der Waals surface area contributed by atoms with Crippen LogP contribution in [0.4, 0.5) is 0 Å². The summed E-state index contributed by atoms with van der Waals surface area (Å²) in [6.07, 6.45) is 12.3. The van der Waals surface area contributed by atoms with Gasteiger partial charge in [-0.2, -0.15) is 0 Å². The van der Waals surface area contributed by atoms with E-state index in [0.29, 0.717) is 11.5 Å². The highest BCUT2D eigenvalue weighted by molar-refractivity contribution is 9.10. The second-order valence-corrected chi connectivity index (χ2v) is 14.0. The number of halogens is 2. The van der Waals surface area contributed by atoms with E-state index in [4.69, 9.17) is 14.2 Å². The van der Waals surface area contributed by atoms with E-state index < -0.39 is 7.92 Å². The maximum Gasteiger partial charge on any atom is 0.204 e. The summed E-state index contributed by atoms with van der Waals surface area (Å²) in [4.78, 5) is 0. The third kappa shape index (κ3) is 9.35. The Balaban J connectivity index is 0.00000529. The van der Waals surface area contributed by atoms with E-state index in [0.717, 1.165) is 35.0 Å². The summed E-state index contributed by atoms with van der Waals surface area (Å²) in [6, 6.07) is 31.2. The lowest BCUT2D eigenvalue weighted by Crippen LogP contribution is -2.23. The van der Waals surface area contributed by atoms with Gasteiger partial charge in [-0.1, -0.05) is 123 Å². The molecule has 0 spiro atoms. The van der Waals surface area contributed by atoms with Gasteiger partial charge in [0, 0.05) is 0 Å². The Hall–Kier alpha value is -2.33. The Bertz CT molecular complexity index is 1340. The van der Waals surface area contributed by atoms with Crippen molar-refractivity contribution in [3.8, 4) is 17.2 Å². The van der Waals surface area contributed by atoms with Crippen LogP contribution >= 0.6 is 40.8 Å². The Kier molecular flexibility index (Phi) is 15.8. The van der Waals surface area contributed by atoms with Crippen molar-refractivity contribution in [2.75, 3.05) is 21.3 Å². The van der Waals surface area contributed by atoms with Crippen molar-refractivity contribution in [2.45, 2.75) is 71.1 Å². The number of unbranched alkanes of at least 4 members (excludes halogenated alkanes) is 7. The van der Waals surface area contributed by atoms with E-state index in [1.54, 1.807) is 21.3 Å². The average Bonchev–Trinajstić information content (AvgIpc) is 3.04. The number of rotatable bonds is 17. The lowest BCUT2D eigenvalue weighted by Gasteiger charge is -2.22. The third-order valence-electron chi connectivity index (χ3n) is 8.17. The minimum atomic E-state index is -0.556. The molecule has 4 rings (SSSR count). The smallest absolute Gasteiger partial charge is 0.204 e. The monoisotopic (exact) mass is 740 g/mol. The predicted molar refractivity (Wildman–Crippen MR) is 198 cm³/mol. The molecule has 0 atom stereocenters. The number of benzene rings is 4. The van der Waals surface area contributed by atoms with E-state index in [-0.39, 0.29) is 17.0 Å². The second-order valence-electron chi connectivity index (χ2n) is 11.0. The molecule has 0 saturated heterocycles. The summed E-state index contributed by atoms with van der Waals surface area (Å²) >= 11 is 3.76. The molecule has 0 aliphatic heterocycles. The first-order valence-corrected chi connectivity index (χ1v) is 17.7. The van der Waals surface area contributed by atoms with Gasteiger partial charge in [-0.3, -0.25) is 0 Å². The number of hydrogen-bond donors (Lipinski definition) is 0. The van der Waals surface area contributed by atoms with Gasteiger partial charge in [0.2, 0.25) is 5.75 Å². The lowest BCUT2D eigenvalue weighted by atomic mass is 9.99. The molecule has 0 unspecified atom stereocenters. The number of hydrogen-bond acceptors (Lipinski definition) is 3. The zero-order valence-corrected chi connectivity index (χ0v) is 30.8. The Morgan fingerprint density at radius 2 is 1.00 bits per heavy atom. The Labute approximate surface area is 285 Å². The first-order chi connectivity index (χ1) is 21.1. The standard InChI is InChI=1S/C38H46BrO3P.BrH/c1-29-33(35(39)37(41-3)38(42-4)36(29)40-2)27-18-10-8-6-5-7-9-13-21-30-22-19-20-28-34(30)43(31-23-14-11-15-24-31)32-25-16-12-17-26-32;/h11-12,14-17,19-20,22-26,28H,5-10,13,18,21,27H2,1-4H3;1H. The SMILES string of the molecule is Br.COc1c(C)c(CCCCCCCCCCc2ccccc2P(c2ccccc2)c2ccccc2)c(Br)c(OC)c1OC.